The van der Waals surface area contributed by atoms with Crippen molar-refractivity contribution in [3.05, 3.63) is 154 Å². The molecule has 1 spiro atoms. The zero-order valence-corrected chi connectivity index (χ0v) is 20.6. The fourth-order valence-electron chi connectivity index (χ4n) is 7.26. The number of fused-ring (bicyclic) bond motifs is 13. The number of hydrogen-bond acceptors (Lipinski definition) is 0. The molecule has 0 bridgehead atoms. The van der Waals surface area contributed by atoms with Crippen molar-refractivity contribution >= 4 is 21.5 Å². The molecule has 0 amide bonds. The predicted octanol–water partition coefficient (Wildman–Crippen LogP) is 8.88. The molecule has 0 nitrogen and oxygen atoms in total. The molecule has 0 fully saturated rings. The number of rotatable bonds is 0. The summed E-state index contributed by atoms with van der Waals surface area (Å²) < 4.78 is 0. The Bertz CT molecular complexity index is 1890. The fraction of sp³-hybridized carbons (Fsp3) is 0.111. The molecule has 170 valence electrons. The monoisotopic (exact) mass is 458 g/mol. The van der Waals surface area contributed by atoms with Gasteiger partial charge in [0.2, 0.25) is 0 Å². The molecule has 8 rings (SSSR count). The van der Waals surface area contributed by atoms with Gasteiger partial charge in [-0.05, 0) is 86.3 Å². The van der Waals surface area contributed by atoms with Gasteiger partial charge in [-0.1, -0.05) is 120 Å². The van der Waals surface area contributed by atoms with Gasteiger partial charge in [0, 0.05) is 0 Å². The Kier molecular flexibility index (Phi) is 3.88. The van der Waals surface area contributed by atoms with Gasteiger partial charge in [-0.15, -0.1) is 0 Å². The van der Waals surface area contributed by atoms with Crippen molar-refractivity contribution in [1.29, 1.82) is 0 Å². The van der Waals surface area contributed by atoms with Crippen LogP contribution in [-0.2, 0) is 11.8 Å². The topological polar surface area (TPSA) is 0 Å². The maximum Gasteiger partial charge on any atom is 0.0731 e. The maximum atomic E-state index is 2.43. The minimum atomic E-state index is -0.350. The second-order valence-corrected chi connectivity index (χ2v) is 10.7. The number of aryl methyl sites for hydroxylation is 2. The molecule has 36 heavy (non-hydrogen) atoms. The molecule has 0 saturated carbocycles. The van der Waals surface area contributed by atoms with Crippen LogP contribution >= 0.6 is 0 Å². The van der Waals surface area contributed by atoms with E-state index in [1.165, 1.54) is 77.2 Å². The van der Waals surface area contributed by atoms with Crippen LogP contribution in [0.1, 0.15) is 44.5 Å². The third-order valence-corrected chi connectivity index (χ3v) is 8.61. The Labute approximate surface area is 211 Å². The second kappa shape index (κ2) is 6.95. The van der Waals surface area contributed by atoms with E-state index in [0.717, 1.165) is 6.42 Å². The van der Waals surface area contributed by atoms with Gasteiger partial charge in [-0.25, -0.2) is 0 Å². The van der Waals surface area contributed by atoms with Crippen LogP contribution in [0.25, 0.3) is 32.7 Å². The smallest absolute Gasteiger partial charge is 0.0616 e. The van der Waals surface area contributed by atoms with Crippen molar-refractivity contribution in [3.8, 4) is 11.1 Å². The SMILES string of the molecule is Cc1ccc2c(c1)Cc1ccc3ccccc3c1C21c2ccc(C)cc2-c2ccc3ccccc3c21. The van der Waals surface area contributed by atoms with Crippen molar-refractivity contribution < 1.29 is 0 Å². The molecule has 2 aliphatic rings. The zero-order chi connectivity index (χ0) is 24.0. The molecule has 1 atom stereocenters. The Morgan fingerprint density at radius 3 is 1.92 bits per heavy atom. The van der Waals surface area contributed by atoms with E-state index in [-0.39, 0.29) is 5.41 Å². The molecule has 0 heteroatoms. The average Bonchev–Trinajstić information content (AvgIpc) is 3.18. The second-order valence-electron chi connectivity index (χ2n) is 10.7. The summed E-state index contributed by atoms with van der Waals surface area (Å²) in [4.78, 5) is 0. The van der Waals surface area contributed by atoms with Crippen LogP contribution < -0.4 is 0 Å². The summed E-state index contributed by atoms with van der Waals surface area (Å²) in [5.41, 5.74) is 13.7. The lowest BCUT2D eigenvalue weighted by Crippen LogP contribution is -2.34. The highest BCUT2D eigenvalue weighted by Crippen LogP contribution is 2.62. The van der Waals surface area contributed by atoms with Crippen LogP contribution in [0.5, 0.6) is 0 Å². The summed E-state index contributed by atoms with van der Waals surface area (Å²) in [5.74, 6) is 0. The number of hydrogen-bond donors (Lipinski definition) is 0. The molecular formula is C36H26. The van der Waals surface area contributed by atoms with E-state index in [0.29, 0.717) is 0 Å². The average molecular weight is 459 g/mol. The molecule has 6 aromatic rings. The first-order valence-electron chi connectivity index (χ1n) is 12.9. The standard InChI is InChI=1S/C36H26/c1-22-11-17-32-27(19-22)21-26-14-13-24-7-3-5-9-28(24)34(26)36(32)33-18-12-23(2)20-31(33)30-16-15-25-8-4-6-10-29(25)35(30)36/h3-20H,21H2,1-2H3. The van der Waals surface area contributed by atoms with E-state index in [4.69, 9.17) is 0 Å². The quantitative estimate of drug-likeness (QED) is 0.213. The molecule has 0 saturated heterocycles. The van der Waals surface area contributed by atoms with Gasteiger partial charge >= 0.3 is 0 Å². The van der Waals surface area contributed by atoms with Crippen molar-refractivity contribution in [1.82, 2.24) is 0 Å². The minimum absolute atomic E-state index is 0.350. The first-order chi connectivity index (χ1) is 17.7. The number of benzene rings is 6. The summed E-state index contributed by atoms with van der Waals surface area (Å²) >= 11 is 0. The Morgan fingerprint density at radius 2 is 1.14 bits per heavy atom. The van der Waals surface area contributed by atoms with E-state index >= 15 is 0 Å². The first-order valence-corrected chi connectivity index (χ1v) is 12.9. The van der Waals surface area contributed by atoms with Crippen molar-refractivity contribution in [2.24, 2.45) is 0 Å². The zero-order valence-electron chi connectivity index (χ0n) is 20.6. The largest absolute Gasteiger partial charge is 0.0731 e. The van der Waals surface area contributed by atoms with Crippen molar-refractivity contribution in [2.45, 2.75) is 25.7 Å². The first kappa shape index (κ1) is 20.1. The predicted molar refractivity (Wildman–Crippen MR) is 151 cm³/mol. The lowest BCUT2D eigenvalue weighted by atomic mass is 9.60. The molecule has 6 aromatic carbocycles. The van der Waals surface area contributed by atoms with Gasteiger partial charge in [0.15, 0.2) is 0 Å². The summed E-state index contributed by atoms with van der Waals surface area (Å²) in [6.07, 6.45) is 0.972. The third kappa shape index (κ3) is 2.39. The molecule has 2 aliphatic carbocycles. The summed E-state index contributed by atoms with van der Waals surface area (Å²) in [6.45, 7) is 4.44. The van der Waals surface area contributed by atoms with Crippen LogP contribution in [0.2, 0.25) is 0 Å². The van der Waals surface area contributed by atoms with Gasteiger partial charge in [-0.2, -0.15) is 0 Å². The fourth-order valence-corrected chi connectivity index (χ4v) is 7.26. The molecule has 0 radical (unpaired) electrons. The lowest BCUT2D eigenvalue weighted by molar-refractivity contribution is 0.734. The van der Waals surface area contributed by atoms with Crippen molar-refractivity contribution in [2.75, 3.05) is 0 Å². The van der Waals surface area contributed by atoms with E-state index in [1.807, 2.05) is 0 Å². The van der Waals surface area contributed by atoms with E-state index in [1.54, 1.807) is 0 Å². The van der Waals surface area contributed by atoms with E-state index in [9.17, 15) is 0 Å². The van der Waals surface area contributed by atoms with Crippen LogP contribution in [-0.4, -0.2) is 0 Å². The Morgan fingerprint density at radius 1 is 0.500 bits per heavy atom. The van der Waals surface area contributed by atoms with Gasteiger partial charge < -0.3 is 0 Å². The summed E-state index contributed by atoms with van der Waals surface area (Å²) in [6, 6.07) is 41.6. The molecule has 0 N–H and O–H groups in total. The maximum absolute atomic E-state index is 2.43. The molecule has 0 heterocycles. The van der Waals surface area contributed by atoms with Crippen LogP contribution in [0.3, 0.4) is 0 Å². The van der Waals surface area contributed by atoms with Gasteiger partial charge in [0.25, 0.3) is 0 Å². The molecule has 1 unspecified atom stereocenters. The van der Waals surface area contributed by atoms with Crippen LogP contribution in [0, 0.1) is 13.8 Å². The van der Waals surface area contributed by atoms with Gasteiger partial charge in [-0.3, -0.25) is 0 Å². The molecule has 0 aromatic heterocycles. The van der Waals surface area contributed by atoms with Crippen LogP contribution in [0.15, 0.2) is 109 Å². The highest BCUT2D eigenvalue weighted by molar-refractivity contribution is 6.03. The van der Waals surface area contributed by atoms with Crippen molar-refractivity contribution in [3.63, 3.8) is 0 Å². The lowest BCUT2D eigenvalue weighted by Gasteiger charge is -2.41. The molecule has 0 aliphatic heterocycles. The summed E-state index contributed by atoms with van der Waals surface area (Å²) in [5, 5.41) is 5.35. The normalized spacial score (nSPS) is 17.2. The van der Waals surface area contributed by atoms with Crippen LogP contribution in [0.4, 0.5) is 0 Å². The van der Waals surface area contributed by atoms with Gasteiger partial charge in [0.05, 0.1) is 5.41 Å². The highest BCUT2D eigenvalue weighted by atomic mass is 14.5. The summed E-state index contributed by atoms with van der Waals surface area (Å²) in [7, 11) is 0. The molecular weight excluding hydrogens is 432 g/mol. The van der Waals surface area contributed by atoms with E-state index < -0.39 is 0 Å². The van der Waals surface area contributed by atoms with Gasteiger partial charge in [0.1, 0.15) is 0 Å². The Balaban J connectivity index is 1.69. The minimum Gasteiger partial charge on any atom is -0.0616 e. The third-order valence-electron chi connectivity index (χ3n) is 8.61. The van der Waals surface area contributed by atoms with E-state index in [2.05, 4.69) is 123 Å². The Hall–Kier alpha value is -4.16. The highest BCUT2D eigenvalue weighted by Gasteiger charge is 2.51.